The third-order valence-corrected chi connectivity index (χ3v) is 7.37. The van der Waals surface area contributed by atoms with E-state index < -0.39 is 29.9 Å². The van der Waals surface area contributed by atoms with Crippen LogP contribution in [-0.2, 0) is 20.0 Å². The highest BCUT2D eigenvalue weighted by atomic mass is 35.5. The molecule has 3 rings (SSSR count). The number of nitrogens with two attached hydrogens (primary N) is 2. The van der Waals surface area contributed by atoms with E-state index in [9.17, 15) is 37.1 Å². The monoisotopic (exact) mass is 580 g/mol. The van der Waals surface area contributed by atoms with Gasteiger partial charge in [-0.15, -0.1) is 0 Å². The molecule has 17 heteroatoms. The highest BCUT2D eigenvalue weighted by Crippen LogP contribution is 2.36. The Kier molecular flexibility index (Phi) is 9.18. The molecule has 0 unspecified atom stereocenters. The molecule has 0 bridgehead atoms. The van der Waals surface area contributed by atoms with Crippen molar-refractivity contribution in [2.24, 2.45) is 10.3 Å². The SMILES string of the molecule is NS(=O)(=O)c1ccc([N+](=O)[O-])c(Cl)c1.NS(=O)(=O)c1ccc([N+](=O)[O-])c(Sc2ccc(Cl)cc2)c1. The van der Waals surface area contributed by atoms with Gasteiger partial charge in [-0.05, 0) is 48.5 Å². The minimum atomic E-state index is -3.92. The van der Waals surface area contributed by atoms with Crippen LogP contribution in [0.2, 0.25) is 10.0 Å². The van der Waals surface area contributed by atoms with Crippen LogP contribution in [-0.4, -0.2) is 26.7 Å². The molecule has 0 aliphatic rings. The average molecular weight is 581 g/mol. The van der Waals surface area contributed by atoms with Crippen LogP contribution in [0.5, 0.6) is 0 Å². The Hall–Kier alpha value is -2.79. The first-order valence-electron chi connectivity index (χ1n) is 8.81. The molecule has 0 aliphatic carbocycles. The second-order valence-corrected chi connectivity index (χ2v) is 11.5. The Bertz CT molecular complexity index is 1500. The van der Waals surface area contributed by atoms with Crippen LogP contribution in [0, 0.1) is 20.2 Å². The summed E-state index contributed by atoms with van der Waals surface area (Å²) in [7, 11) is -7.80. The van der Waals surface area contributed by atoms with Crippen molar-refractivity contribution in [2.75, 3.05) is 0 Å². The van der Waals surface area contributed by atoms with Crippen molar-refractivity contribution in [3.8, 4) is 0 Å². The maximum atomic E-state index is 11.3. The molecule has 0 aliphatic heterocycles. The topological polar surface area (TPSA) is 207 Å². The van der Waals surface area contributed by atoms with Crippen LogP contribution in [0.25, 0.3) is 0 Å². The lowest BCUT2D eigenvalue weighted by Crippen LogP contribution is -2.12. The van der Waals surface area contributed by atoms with E-state index in [1.165, 1.54) is 6.07 Å². The lowest BCUT2D eigenvalue weighted by molar-refractivity contribution is -0.387. The maximum Gasteiger partial charge on any atom is 0.287 e. The highest BCUT2D eigenvalue weighted by Gasteiger charge is 2.19. The van der Waals surface area contributed by atoms with Crippen LogP contribution in [0.3, 0.4) is 0 Å². The van der Waals surface area contributed by atoms with Gasteiger partial charge in [-0.25, -0.2) is 27.1 Å². The Balaban J connectivity index is 0.000000269. The minimum Gasteiger partial charge on any atom is -0.258 e. The molecule has 0 saturated carbocycles. The molecular weight excluding hydrogens is 567 g/mol. The maximum absolute atomic E-state index is 11.3. The molecule has 0 aromatic heterocycles. The number of primary sulfonamides is 2. The molecule has 0 atom stereocenters. The van der Waals surface area contributed by atoms with Gasteiger partial charge in [0.25, 0.3) is 11.4 Å². The number of nitro groups is 2. The van der Waals surface area contributed by atoms with Gasteiger partial charge in [-0.3, -0.25) is 20.2 Å². The van der Waals surface area contributed by atoms with E-state index in [1.807, 2.05) is 0 Å². The van der Waals surface area contributed by atoms with Gasteiger partial charge < -0.3 is 0 Å². The fraction of sp³-hybridized carbons (Fsp3) is 0. The molecule has 12 nitrogen and oxygen atoms in total. The van der Waals surface area contributed by atoms with Gasteiger partial charge in [0.05, 0.1) is 24.5 Å². The Labute approximate surface area is 213 Å². The molecule has 0 amide bonds. The van der Waals surface area contributed by atoms with Crippen LogP contribution >= 0.6 is 35.0 Å². The van der Waals surface area contributed by atoms with Gasteiger partial charge in [-0.2, -0.15) is 0 Å². The van der Waals surface area contributed by atoms with Crippen LogP contribution < -0.4 is 10.3 Å². The summed E-state index contributed by atoms with van der Waals surface area (Å²) < 4.78 is 44.3. The lowest BCUT2D eigenvalue weighted by atomic mass is 10.3. The summed E-state index contributed by atoms with van der Waals surface area (Å²) in [6.07, 6.45) is 0. The van der Waals surface area contributed by atoms with E-state index in [0.717, 1.165) is 42.1 Å². The highest BCUT2D eigenvalue weighted by molar-refractivity contribution is 7.99. The largest absolute Gasteiger partial charge is 0.287 e. The summed E-state index contributed by atoms with van der Waals surface area (Å²) in [5.74, 6) is 0. The number of halogens is 2. The number of sulfonamides is 2. The first kappa shape index (κ1) is 28.4. The number of rotatable bonds is 6. The Morgan fingerprint density at radius 1 is 0.714 bits per heavy atom. The molecule has 186 valence electrons. The first-order chi connectivity index (χ1) is 16.1. The predicted molar refractivity (Wildman–Crippen MR) is 130 cm³/mol. The third kappa shape index (κ3) is 8.14. The van der Waals surface area contributed by atoms with E-state index in [-0.39, 0.29) is 31.1 Å². The molecule has 3 aromatic rings. The van der Waals surface area contributed by atoms with Gasteiger partial charge >= 0.3 is 0 Å². The summed E-state index contributed by atoms with van der Waals surface area (Å²) >= 11 is 12.3. The quantitative estimate of drug-likeness (QED) is 0.319. The number of hydrogen-bond donors (Lipinski definition) is 2. The van der Waals surface area contributed by atoms with E-state index in [0.29, 0.717) is 9.92 Å². The van der Waals surface area contributed by atoms with Crippen LogP contribution in [0.4, 0.5) is 11.4 Å². The summed E-state index contributed by atoms with van der Waals surface area (Å²) in [6, 6.07) is 13.0. The molecular formula is C18H14Cl2N4O8S3. The van der Waals surface area contributed by atoms with Gasteiger partial charge in [0.2, 0.25) is 20.0 Å². The Morgan fingerprint density at radius 3 is 1.60 bits per heavy atom. The van der Waals surface area contributed by atoms with Gasteiger partial charge in [0.15, 0.2) is 0 Å². The minimum absolute atomic E-state index is 0.176. The number of nitro benzene ring substituents is 2. The van der Waals surface area contributed by atoms with Crippen molar-refractivity contribution in [3.63, 3.8) is 0 Å². The van der Waals surface area contributed by atoms with E-state index >= 15 is 0 Å². The second-order valence-electron chi connectivity index (χ2n) is 6.40. The van der Waals surface area contributed by atoms with Crippen LogP contribution in [0.1, 0.15) is 0 Å². The zero-order valence-electron chi connectivity index (χ0n) is 17.1. The predicted octanol–water partition coefficient (Wildman–Crippen LogP) is 3.94. The number of benzene rings is 3. The van der Waals surface area contributed by atoms with Gasteiger partial charge in [0, 0.05) is 22.1 Å². The zero-order chi connectivity index (χ0) is 26.6. The number of nitrogens with zero attached hydrogens (tertiary/aromatic N) is 2. The molecule has 35 heavy (non-hydrogen) atoms. The van der Waals surface area contributed by atoms with Gasteiger partial charge in [0.1, 0.15) is 5.02 Å². The lowest BCUT2D eigenvalue weighted by Gasteiger charge is -2.05. The summed E-state index contributed by atoms with van der Waals surface area (Å²) in [6.45, 7) is 0. The summed E-state index contributed by atoms with van der Waals surface area (Å²) in [4.78, 5) is 20.5. The number of hydrogen-bond acceptors (Lipinski definition) is 9. The normalized spacial score (nSPS) is 11.3. The fourth-order valence-corrected chi connectivity index (χ4v) is 4.90. The van der Waals surface area contributed by atoms with E-state index in [1.54, 1.807) is 24.3 Å². The smallest absolute Gasteiger partial charge is 0.258 e. The first-order valence-corrected chi connectivity index (χ1v) is 13.5. The zero-order valence-corrected chi connectivity index (χ0v) is 21.0. The molecule has 3 aromatic carbocycles. The second kappa shape index (κ2) is 11.3. The van der Waals surface area contributed by atoms with E-state index in [2.05, 4.69) is 0 Å². The van der Waals surface area contributed by atoms with Crippen molar-refractivity contribution in [1.82, 2.24) is 0 Å². The average Bonchev–Trinajstić information content (AvgIpc) is 2.74. The standard InChI is InChI=1S/C12H9ClN2O4S2.C6H5ClN2O4S/c13-8-1-3-9(4-2-8)20-12-7-10(21(14,18)19)5-6-11(12)15(16)17;7-5-3-4(14(8,12)13)1-2-6(5)9(10)11/h1-7H,(H2,14,18,19);1-3H,(H2,8,12,13). The molecule has 0 spiro atoms. The van der Waals surface area contributed by atoms with Crippen molar-refractivity contribution in [1.29, 1.82) is 0 Å². The molecule has 4 N–H and O–H groups in total. The summed E-state index contributed by atoms with van der Waals surface area (Å²) in [5, 5.41) is 31.4. The third-order valence-electron chi connectivity index (χ3n) is 3.94. The molecule has 0 heterocycles. The van der Waals surface area contributed by atoms with E-state index in [4.69, 9.17) is 33.5 Å². The molecule has 0 fully saturated rings. The Morgan fingerprint density at radius 2 is 1.17 bits per heavy atom. The van der Waals surface area contributed by atoms with Crippen LogP contribution in [0.15, 0.2) is 80.2 Å². The molecule has 0 radical (unpaired) electrons. The summed E-state index contributed by atoms with van der Waals surface area (Å²) in [5.41, 5.74) is -0.554. The van der Waals surface area contributed by atoms with Crippen molar-refractivity contribution < 1.29 is 26.7 Å². The fourth-order valence-electron chi connectivity index (χ4n) is 2.35. The van der Waals surface area contributed by atoms with Crippen molar-refractivity contribution >= 4 is 66.4 Å². The molecule has 0 saturated heterocycles. The van der Waals surface area contributed by atoms with Crippen molar-refractivity contribution in [2.45, 2.75) is 19.6 Å². The van der Waals surface area contributed by atoms with Crippen molar-refractivity contribution in [3.05, 3.63) is 90.9 Å². The van der Waals surface area contributed by atoms with Gasteiger partial charge in [-0.1, -0.05) is 35.0 Å².